The molecule has 1 heterocycles. The number of nitrogens with one attached hydrogen (secondary N) is 1. The van der Waals surface area contributed by atoms with Gasteiger partial charge in [-0.05, 0) is 18.2 Å². The Morgan fingerprint density at radius 2 is 1.71 bits per heavy atom. The number of halogens is 2. The quantitative estimate of drug-likeness (QED) is 0.669. The van der Waals surface area contributed by atoms with Crippen molar-refractivity contribution in [1.29, 1.82) is 0 Å². The topological polar surface area (TPSA) is 72.5 Å². The molecule has 2 atom stereocenters. The molecule has 1 fully saturated rings. The van der Waals surface area contributed by atoms with E-state index in [2.05, 4.69) is 5.32 Å². The lowest BCUT2D eigenvalue weighted by atomic mass is 9.98. The lowest BCUT2D eigenvalue weighted by Gasteiger charge is -2.09. The van der Waals surface area contributed by atoms with Crippen molar-refractivity contribution in [3.63, 3.8) is 0 Å². The van der Waals surface area contributed by atoms with Crippen LogP contribution in [-0.4, -0.2) is 17.7 Å². The van der Waals surface area contributed by atoms with E-state index in [-0.39, 0.29) is 5.02 Å². The number of Topliss-reactive ketones (excluding diaryl/α,β-unsaturated/α-hetero) is 1. The van der Waals surface area contributed by atoms with Crippen LogP contribution in [0.15, 0.2) is 48.5 Å². The number of ether oxygens (including phenoxy) is 1. The SMILES string of the molecule is O=C(Nc1ccc(Cl)c(Cl)c1)C1C(=O)OC(c2ccccc2)C1=O. The Morgan fingerprint density at radius 1 is 1.00 bits per heavy atom. The zero-order valence-corrected chi connectivity index (χ0v) is 13.7. The Balaban J connectivity index is 1.78. The standard InChI is InChI=1S/C17H11Cl2NO4/c18-11-7-6-10(8-12(11)19)20-16(22)13-14(21)15(24-17(13)23)9-4-2-1-3-5-9/h1-8,13,15H,(H,20,22). The first-order valence-corrected chi connectivity index (χ1v) is 7.78. The van der Waals surface area contributed by atoms with Crippen molar-refractivity contribution in [2.45, 2.75) is 6.10 Å². The minimum atomic E-state index is -1.51. The van der Waals surface area contributed by atoms with Gasteiger partial charge in [0.05, 0.1) is 10.0 Å². The van der Waals surface area contributed by atoms with Crippen LogP contribution in [0.25, 0.3) is 0 Å². The fourth-order valence-electron chi connectivity index (χ4n) is 2.39. The smallest absolute Gasteiger partial charge is 0.327 e. The summed E-state index contributed by atoms with van der Waals surface area (Å²) in [4.78, 5) is 36.7. The maximum atomic E-state index is 12.4. The molecule has 122 valence electrons. The first kappa shape index (κ1) is 16.5. The maximum Gasteiger partial charge on any atom is 0.327 e. The molecule has 7 heteroatoms. The summed E-state index contributed by atoms with van der Waals surface area (Å²) in [5.74, 6) is -3.73. The summed E-state index contributed by atoms with van der Waals surface area (Å²) in [6, 6.07) is 13.0. The molecule has 1 saturated heterocycles. The average Bonchev–Trinajstić information content (AvgIpc) is 2.86. The normalized spacial score (nSPS) is 19.9. The molecule has 1 N–H and O–H groups in total. The lowest BCUT2D eigenvalue weighted by Crippen LogP contribution is -2.31. The second kappa shape index (κ2) is 6.63. The second-order valence-corrected chi connectivity index (χ2v) is 6.00. The van der Waals surface area contributed by atoms with E-state index in [9.17, 15) is 14.4 Å². The van der Waals surface area contributed by atoms with E-state index >= 15 is 0 Å². The van der Waals surface area contributed by atoms with Crippen molar-refractivity contribution in [3.8, 4) is 0 Å². The molecule has 1 amide bonds. The number of benzene rings is 2. The molecule has 24 heavy (non-hydrogen) atoms. The predicted molar refractivity (Wildman–Crippen MR) is 88.9 cm³/mol. The Kier molecular flexibility index (Phi) is 4.55. The van der Waals surface area contributed by atoms with E-state index < -0.39 is 29.7 Å². The van der Waals surface area contributed by atoms with Crippen molar-refractivity contribution < 1.29 is 19.1 Å². The number of hydrogen-bond acceptors (Lipinski definition) is 4. The number of hydrogen-bond donors (Lipinski definition) is 1. The number of carbonyl (C=O) groups is 3. The fourth-order valence-corrected chi connectivity index (χ4v) is 2.69. The third-order valence-electron chi connectivity index (χ3n) is 3.56. The number of ketones is 1. The molecule has 0 spiro atoms. The molecule has 1 aliphatic rings. The molecule has 0 aromatic heterocycles. The summed E-state index contributed by atoms with van der Waals surface area (Å²) in [5.41, 5.74) is 0.860. The molecule has 0 bridgehead atoms. The van der Waals surface area contributed by atoms with Crippen molar-refractivity contribution in [2.24, 2.45) is 5.92 Å². The first-order chi connectivity index (χ1) is 11.5. The molecule has 3 rings (SSSR count). The third kappa shape index (κ3) is 3.13. The van der Waals surface area contributed by atoms with Gasteiger partial charge in [0.25, 0.3) is 0 Å². The van der Waals surface area contributed by atoms with Crippen LogP contribution in [-0.2, 0) is 19.1 Å². The lowest BCUT2D eigenvalue weighted by molar-refractivity contribution is -0.146. The summed E-state index contributed by atoms with van der Waals surface area (Å²) in [5, 5.41) is 3.06. The Bertz CT molecular complexity index is 823. The van der Waals surface area contributed by atoms with Gasteiger partial charge < -0.3 is 10.1 Å². The van der Waals surface area contributed by atoms with Crippen LogP contribution in [0, 0.1) is 5.92 Å². The highest BCUT2D eigenvalue weighted by Crippen LogP contribution is 2.31. The van der Waals surface area contributed by atoms with E-state index in [1.165, 1.54) is 18.2 Å². The van der Waals surface area contributed by atoms with Gasteiger partial charge in [-0.3, -0.25) is 14.4 Å². The monoisotopic (exact) mass is 363 g/mol. The van der Waals surface area contributed by atoms with Crippen molar-refractivity contribution in [3.05, 3.63) is 64.1 Å². The number of rotatable bonds is 3. The van der Waals surface area contributed by atoms with Gasteiger partial charge in [-0.1, -0.05) is 53.5 Å². The molecule has 2 aromatic carbocycles. The van der Waals surface area contributed by atoms with E-state index in [1.54, 1.807) is 30.3 Å². The molecule has 1 aliphatic heterocycles. The number of esters is 1. The highest BCUT2D eigenvalue weighted by molar-refractivity contribution is 6.42. The molecule has 0 radical (unpaired) electrons. The summed E-state index contributed by atoms with van der Waals surface area (Å²) in [7, 11) is 0. The van der Waals surface area contributed by atoms with Crippen LogP contribution in [0.3, 0.4) is 0 Å². The molecule has 0 aliphatic carbocycles. The molecular weight excluding hydrogens is 353 g/mol. The number of cyclic esters (lactones) is 1. The number of carbonyl (C=O) groups excluding carboxylic acids is 3. The number of amides is 1. The molecule has 2 aromatic rings. The molecule has 2 unspecified atom stereocenters. The highest BCUT2D eigenvalue weighted by Gasteiger charge is 2.48. The van der Waals surface area contributed by atoms with Crippen LogP contribution >= 0.6 is 23.2 Å². The predicted octanol–water partition coefficient (Wildman–Crippen LogP) is 3.42. The van der Waals surface area contributed by atoms with E-state index in [1.807, 2.05) is 0 Å². The summed E-state index contributed by atoms with van der Waals surface area (Å²) in [6.07, 6.45) is -1.07. The van der Waals surface area contributed by atoms with Gasteiger partial charge in [-0.2, -0.15) is 0 Å². The van der Waals surface area contributed by atoms with E-state index in [0.29, 0.717) is 16.3 Å². The van der Waals surface area contributed by atoms with Gasteiger partial charge in [0, 0.05) is 11.3 Å². The third-order valence-corrected chi connectivity index (χ3v) is 4.30. The Morgan fingerprint density at radius 3 is 2.38 bits per heavy atom. The van der Waals surface area contributed by atoms with Crippen LogP contribution in [0.1, 0.15) is 11.7 Å². The largest absolute Gasteiger partial charge is 0.448 e. The molecule has 5 nitrogen and oxygen atoms in total. The van der Waals surface area contributed by atoms with Crippen LogP contribution < -0.4 is 5.32 Å². The van der Waals surface area contributed by atoms with Gasteiger partial charge in [-0.15, -0.1) is 0 Å². The molecule has 0 saturated carbocycles. The minimum absolute atomic E-state index is 0.247. The Labute approximate surface area is 147 Å². The second-order valence-electron chi connectivity index (χ2n) is 5.18. The van der Waals surface area contributed by atoms with Crippen LogP contribution in [0.4, 0.5) is 5.69 Å². The van der Waals surface area contributed by atoms with Crippen LogP contribution in [0.5, 0.6) is 0 Å². The van der Waals surface area contributed by atoms with Crippen molar-refractivity contribution in [1.82, 2.24) is 0 Å². The van der Waals surface area contributed by atoms with Gasteiger partial charge in [0.1, 0.15) is 0 Å². The van der Waals surface area contributed by atoms with Gasteiger partial charge >= 0.3 is 5.97 Å². The van der Waals surface area contributed by atoms with Crippen molar-refractivity contribution in [2.75, 3.05) is 5.32 Å². The zero-order valence-electron chi connectivity index (χ0n) is 12.2. The van der Waals surface area contributed by atoms with E-state index in [0.717, 1.165) is 0 Å². The van der Waals surface area contributed by atoms with Gasteiger partial charge in [0.2, 0.25) is 11.7 Å². The number of anilines is 1. The van der Waals surface area contributed by atoms with Crippen LogP contribution in [0.2, 0.25) is 10.0 Å². The summed E-state index contributed by atoms with van der Waals surface area (Å²) < 4.78 is 5.08. The minimum Gasteiger partial charge on any atom is -0.448 e. The summed E-state index contributed by atoms with van der Waals surface area (Å²) >= 11 is 11.7. The fraction of sp³-hybridized carbons (Fsp3) is 0.118. The van der Waals surface area contributed by atoms with Crippen molar-refractivity contribution >= 4 is 46.5 Å². The summed E-state index contributed by atoms with van der Waals surface area (Å²) in [6.45, 7) is 0. The van der Waals surface area contributed by atoms with Gasteiger partial charge in [-0.25, -0.2) is 0 Å². The Hall–Kier alpha value is -2.37. The highest BCUT2D eigenvalue weighted by atomic mass is 35.5. The first-order valence-electron chi connectivity index (χ1n) is 7.02. The molecular formula is C17H11Cl2NO4. The maximum absolute atomic E-state index is 12.4. The zero-order chi connectivity index (χ0) is 17.3. The van der Waals surface area contributed by atoms with Gasteiger partial charge in [0.15, 0.2) is 12.0 Å². The van der Waals surface area contributed by atoms with E-state index in [4.69, 9.17) is 27.9 Å². The average molecular weight is 364 g/mol.